The number of thiazole rings is 1. The summed E-state index contributed by atoms with van der Waals surface area (Å²) in [4.78, 5) is 32.8. The van der Waals surface area contributed by atoms with Crippen LogP contribution in [0.5, 0.6) is 0 Å². The zero-order chi connectivity index (χ0) is 18.9. The van der Waals surface area contributed by atoms with Crippen LogP contribution in [-0.4, -0.2) is 40.5 Å². The van der Waals surface area contributed by atoms with E-state index in [1.165, 1.54) is 11.3 Å². The Labute approximate surface area is 162 Å². The molecule has 2 aliphatic heterocycles. The minimum atomic E-state index is -0.429. The predicted octanol–water partition coefficient (Wildman–Crippen LogP) is 3.46. The number of anilines is 1. The largest absolute Gasteiger partial charge is 0.445 e. The smallest absolute Gasteiger partial charge is 0.410 e. The van der Waals surface area contributed by atoms with E-state index in [0.717, 1.165) is 5.56 Å². The van der Waals surface area contributed by atoms with Gasteiger partial charge in [-0.2, -0.15) is 0 Å². The molecule has 2 unspecified atom stereocenters. The van der Waals surface area contributed by atoms with Gasteiger partial charge < -0.3 is 9.64 Å². The number of likely N-dealkylation sites (tertiary alicyclic amines) is 1. The Morgan fingerprint density at radius 1 is 1.37 bits per heavy atom. The molecular formula is C20H21N3O3S. The number of aromatic nitrogens is 1. The zero-order valence-corrected chi connectivity index (χ0v) is 15.9. The summed E-state index contributed by atoms with van der Waals surface area (Å²) in [5, 5.41) is 1.89. The molecule has 7 heteroatoms. The molecule has 0 aliphatic carbocycles. The normalized spacial score (nSPS) is 24.6. The van der Waals surface area contributed by atoms with E-state index in [4.69, 9.17) is 4.74 Å². The highest BCUT2D eigenvalue weighted by molar-refractivity contribution is 7.07. The molecule has 140 valence electrons. The van der Waals surface area contributed by atoms with Crippen LogP contribution in [0.4, 0.5) is 10.6 Å². The molecule has 2 aliphatic rings. The lowest BCUT2D eigenvalue weighted by Gasteiger charge is -2.47. The zero-order valence-electron chi connectivity index (χ0n) is 15.1. The van der Waals surface area contributed by atoms with Crippen LogP contribution in [0.25, 0.3) is 0 Å². The second-order valence-corrected chi connectivity index (χ2v) is 7.70. The number of carbonyl (C=O) groups is 2. The van der Waals surface area contributed by atoms with Crippen molar-refractivity contribution in [1.82, 2.24) is 9.88 Å². The maximum absolute atomic E-state index is 12.5. The molecule has 4 rings (SSSR count). The van der Waals surface area contributed by atoms with Gasteiger partial charge in [0.1, 0.15) is 12.4 Å². The lowest BCUT2D eigenvalue weighted by molar-refractivity contribution is -0.114. The molecule has 1 fully saturated rings. The van der Waals surface area contributed by atoms with Crippen molar-refractivity contribution in [1.29, 1.82) is 0 Å². The fourth-order valence-electron chi connectivity index (χ4n) is 3.91. The fourth-order valence-corrected chi connectivity index (χ4v) is 4.43. The molecule has 27 heavy (non-hydrogen) atoms. The molecule has 2 aromatic rings. The summed E-state index contributed by atoms with van der Waals surface area (Å²) in [7, 11) is 0. The second kappa shape index (κ2) is 7.15. The summed E-state index contributed by atoms with van der Waals surface area (Å²) >= 11 is 1.47. The summed E-state index contributed by atoms with van der Waals surface area (Å²) in [6.45, 7) is 3.40. The maximum atomic E-state index is 12.5. The monoisotopic (exact) mass is 383 g/mol. The molecule has 1 aromatic carbocycles. The highest BCUT2D eigenvalue weighted by atomic mass is 32.1. The molecule has 1 saturated heterocycles. The number of carbonyl (C=O) groups excluding carboxylic acids is 2. The van der Waals surface area contributed by atoms with Crippen LogP contribution in [0.2, 0.25) is 0 Å². The third-order valence-corrected chi connectivity index (χ3v) is 5.97. The van der Waals surface area contributed by atoms with E-state index in [9.17, 15) is 9.59 Å². The van der Waals surface area contributed by atoms with E-state index in [-0.39, 0.29) is 24.5 Å². The van der Waals surface area contributed by atoms with E-state index >= 15 is 0 Å². The van der Waals surface area contributed by atoms with Gasteiger partial charge in [-0.1, -0.05) is 43.3 Å². The van der Waals surface area contributed by atoms with Crippen LogP contribution in [0, 0.1) is 5.92 Å². The van der Waals surface area contributed by atoms with Crippen LogP contribution in [0.1, 0.15) is 18.9 Å². The Kier molecular flexibility index (Phi) is 4.70. The Bertz CT molecular complexity index is 853. The van der Waals surface area contributed by atoms with Gasteiger partial charge in [0.05, 0.1) is 11.0 Å². The topological polar surface area (TPSA) is 62.7 Å². The van der Waals surface area contributed by atoms with Crippen molar-refractivity contribution < 1.29 is 14.3 Å². The molecule has 0 saturated carbocycles. The van der Waals surface area contributed by atoms with Gasteiger partial charge >= 0.3 is 6.09 Å². The van der Waals surface area contributed by atoms with E-state index < -0.39 is 5.54 Å². The minimum absolute atomic E-state index is 0.0483. The molecule has 6 nitrogen and oxygen atoms in total. The van der Waals surface area contributed by atoms with Gasteiger partial charge in [-0.15, -0.1) is 11.3 Å². The van der Waals surface area contributed by atoms with Crippen LogP contribution >= 0.6 is 11.3 Å². The quantitative estimate of drug-likeness (QED) is 0.814. The minimum Gasteiger partial charge on any atom is -0.445 e. The SMILES string of the molecule is CC1CN(C(=O)OCc2ccccc2)CCC12C=CC(=O)N2c1cscn1. The summed E-state index contributed by atoms with van der Waals surface area (Å²) in [5.74, 6) is 0.703. The van der Waals surface area contributed by atoms with E-state index in [2.05, 4.69) is 11.9 Å². The number of ether oxygens (including phenoxy) is 1. The Morgan fingerprint density at radius 3 is 2.89 bits per heavy atom. The van der Waals surface area contributed by atoms with Gasteiger partial charge in [-0.25, -0.2) is 9.78 Å². The molecular weight excluding hydrogens is 362 g/mol. The lowest BCUT2D eigenvalue weighted by atomic mass is 9.78. The molecule has 3 heterocycles. The van der Waals surface area contributed by atoms with Crippen LogP contribution in [-0.2, 0) is 16.1 Å². The predicted molar refractivity (Wildman–Crippen MR) is 103 cm³/mol. The maximum Gasteiger partial charge on any atom is 0.410 e. The average Bonchev–Trinajstić information content (AvgIpc) is 3.31. The summed E-state index contributed by atoms with van der Waals surface area (Å²) in [6.07, 6.45) is 3.95. The van der Waals surface area contributed by atoms with Crippen molar-refractivity contribution in [2.45, 2.75) is 25.5 Å². The van der Waals surface area contributed by atoms with Gasteiger partial charge in [-0.05, 0) is 12.0 Å². The van der Waals surface area contributed by atoms with E-state index in [1.807, 2.05) is 41.8 Å². The Morgan fingerprint density at radius 2 is 2.19 bits per heavy atom. The van der Waals surface area contributed by atoms with Crippen molar-refractivity contribution in [3.05, 3.63) is 58.9 Å². The molecule has 1 aromatic heterocycles. The lowest BCUT2D eigenvalue weighted by Crippen LogP contribution is -2.59. The fraction of sp³-hybridized carbons (Fsp3) is 0.350. The van der Waals surface area contributed by atoms with Gasteiger partial charge in [0, 0.05) is 30.5 Å². The van der Waals surface area contributed by atoms with Crippen LogP contribution in [0.15, 0.2) is 53.4 Å². The van der Waals surface area contributed by atoms with Crippen molar-refractivity contribution in [3.63, 3.8) is 0 Å². The number of piperidine rings is 1. The average molecular weight is 383 g/mol. The van der Waals surface area contributed by atoms with Gasteiger partial charge in [0.25, 0.3) is 5.91 Å². The van der Waals surface area contributed by atoms with Crippen LogP contribution in [0.3, 0.4) is 0 Å². The van der Waals surface area contributed by atoms with Crippen molar-refractivity contribution in [2.24, 2.45) is 5.92 Å². The molecule has 0 bridgehead atoms. The molecule has 1 spiro atoms. The molecule has 2 atom stereocenters. The molecule has 0 radical (unpaired) electrons. The van der Waals surface area contributed by atoms with Crippen LogP contribution < -0.4 is 4.90 Å². The third kappa shape index (κ3) is 3.23. The Balaban J connectivity index is 1.44. The summed E-state index contributed by atoms with van der Waals surface area (Å²) in [5.41, 5.74) is 2.27. The number of nitrogens with zero attached hydrogens (tertiary/aromatic N) is 3. The molecule has 0 N–H and O–H groups in total. The van der Waals surface area contributed by atoms with Crippen molar-refractivity contribution in [2.75, 3.05) is 18.0 Å². The number of hydrogen-bond donors (Lipinski definition) is 0. The highest BCUT2D eigenvalue weighted by Gasteiger charge is 2.50. The van der Waals surface area contributed by atoms with Gasteiger partial charge in [0.2, 0.25) is 0 Å². The summed E-state index contributed by atoms with van der Waals surface area (Å²) < 4.78 is 5.46. The third-order valence-electron chi connectivity index (χ3n) is 5.39. The number of rotatable bonds is 3. The van der Waals surface area contributed by atoms with E-state index in [1.54, 1.807) is 21.4 Å². The first-order valence-electron chi connectivity index (χ1n) is 8.97. The highest BCUT2D eigenvalue weighted by Crippen LogP contribution is 2.41. The standard InChI is InChI=1S/C20H21N3O3S/c1-15-11-22(19(25)26-12-16-5-3-2-4-6-16)10-9-20(15)8-7-18(24)23(20)17-13-27-14-21-17/h2-8,13-15H,9-12H2,1H3. The van der Waals surface area contributed by atoms with E-state index in [0.29, 0.717) is 25.3 Å². The number of benzene rings is 1. The first kappa shape index (κ1) is 17.7. The van der Waals surface area contributed by atoms with Gasteiger partial charge in [-0.3, -0.25) is 9.69 Å². The first-order valence-corrected chi connectivity index (χ1v) is 9.92. The molecule has 2 amide bonds. The Hall–Kier alpha value is -2.67. The van der Waals surface area contributed by atoms with Crippen molar-refractivity contribution in [3.8, 4) is 0 Å². The number of amides is 2. The van der Waals surface area contributed by atoms with Crippen molar-refractivity contribution >= 4 is 29.2 Å². The number of hydrogen-bond acceptors (Lipinski definition) is 5. The summed E-state index contributed by atoms with van der Waals surface area (Å²) in [6, 6.07) is 9.64. The second-order valence-electron chi connectivity index (χ2n) is 6.98. The van der Waals surface area contributed by atoms with Gasteiger partial charge in [0.15, 0.2) is 0 Å². The first-order chi connectivity index (χ1) is 13.1.